The molecule has 0 atom stereocenters. The van der Waals surface area contributed by atoms with Crippen LogP contribution in [0.25, 0.3) is 0 Å². The van der Waals surface area contributed by atoms with E-state index in [0.29, 0.717) is 30.5 Å². The summed E-state index contributed by atoms with van der Waals surface area (Å²) >= 11 is 1.31. The maximum Gasteiger partial charge on any atom is 0.230 e. The number of thioether (sulfide) groups is 1. The lowest BCUT2D eigenvalue weighted by Gasteiger charge is -2.05. The number of aromatic nitrogens is 3. The lowest BCUT2D eigenvalue weighted by Crippen LogP contribution is -2.26. The Hall–Kier alpha value is -1.59. The number of hydrogen-bond acceptors (Lipinski definition) is 6. The molecule has 18 heavy (non-hydrogen) atoms. The molecule has 0 fully saturated rings. The van der Waals surface area contributed by atoms with E-state index < -0.39 is 0 Å². The Kier molecular flexibility index (Phi) is 6.18. The molecule has 1 amide bonds. The van der Waals surface area contributed by atoms with Crippen LogP contribution in [0.15, 0.2) is 5.16 Å². The van der Waals surface area contributed by atoms with E-state index in [1.54, 1.807) is 0 Å². The van der Waals surface area contributed by atoms with Gasteiger partial charge in [-0.05, 0) is 6.92 Å². The van der Waals surface area contributed by atoms with Crippen molar-refractivity contribution in [3.05, 3.63) is 5.82 Å². The first kappa shape index (κ1) is 14.5. The minimum absolute atomic E-state index is 0.116. The fourth-order valence-electron chi connectivity index (χ4n) is 1.33. The Morgan fingerprint density at radius 3 is 3.00 bits per heavy atom. The van der Waals surface area contributed by atoms with E-state index in [0.717, 1.165) is 6.54 Å². The van der Waals surface area contributed by atoms with Crippen LogP contribution in [0, 0.1) is 11.3 Å². The average molecular weight is 268 g/mol. The highest BCUT2D eigenvalue weighted by atomic mass is 32.2. The van der Waals surface area contributed by atoms with Crippen LogP contribution in [0.3, 0.4) is 0 Å². The van der Waals surface area contributed by atoms with E-state index in [9.17, 15) is 4.79 Å². The average Bonchev–Trinajstić information content (AvgIpc) is 2.78. The van der Waals surface area contributed by atoms with Crippen LogP contribution in [0.1, 0.15) is 19.2 Å². The second kappa shape index (κ2) is 7.68. The van der Waals surface area contributed by atoms with E-state index in [2.05, 4.69) is 15.5 Å². The largest absolute Gasteiger partial charge is 0.354 e. The molecule has 98 valence electrons. The molecule has 1 aromatic heterocycles. The first-order valence-corrected chi connectivity index (χ1v) is 6.60. The highest BCUT2D eigenvalue weighted by Crippen LogP contribution is 2.16. The Morgan fingerprint density at radius 2 is 2.39 bits per heavy atom. The van der Waals surface area contributed by atoms with Gasteiger partial charge in [0.1, 0.15) is 5.82 Å². The molecular formula is C10H16N6OS. The summed E-state index contributed by atoms with van der Waals surface area (Å²) in [6.45, 7) is 3.40. The number of amides is 1. The van der Waals surface area contributed by atoms with Crippen molar-refractivity contribution in [2.45, 2.75) is 31.6 Å². The second-order valence-electron chi connectivity index (χ2n) is 3.39. The van der Waals surface area contributed by atoms with Gasteiger partial charge in [0.15, 0.2) is 5.16 Å². The first-order chi connectivity index (χ1) is 8.72. The van der Waals surface area contributed by atoms with E-state index in [1.807, 2.05) is 17.6 Å². The van der Waals surface area contributed by atoms with Crippen molar-refractivity contribution in [1.29, 1.82) is 5.26 Å². The number of rotatable bonds is 7. The lowest BCUT2D eigenvalue weighted by atomic mass is 10.4. The number of nitrogens with zero attached hydrogens (tertiary/aromatic N) is 4. The minimum Gasteiger partial charge on any atom is -0.354 e. The van der Waals surface area contributed by atoms with Gasteiger partial charge < -0.3 is 15.6 Å². The van der Waals surface area contributed by atoms with Crippen molar-refractivity contribution < 1.29 is 4.79 Å². The van der Waals surface area contributed by atoms with Gasteiger partial charge in [-0.1, -0.05) is 11.8 Å². The Labute approximate surface area is 110 Å². The summed E-state index contributed by atoms with van der Waals surface area (Å²) in [4.78, 5) is 11.4. The molecule has 0 unspecified atom stereocenters. The van der Waals surface area contributed by atoms with Crippen molar-refractivity contribution in [2.75, 3.05) is 12.3 Å². The van der Waals surface area contributed by atoms with Crippen LogP contribution in [-0.4, -0.2) is 33.0 Å². The molecular weight excluding hydrogens is 252 g/mol. The van der Waals surface area contributed by atoms with Crippen LogP contribution in [0.5, 0.6) is 0 Å². The predicted molar refractivity (Wildman–Crippen MR) is 67.6 cm³/mol. The molecule has 1 aromatic rings. The molecule has 0 saturated carbocycles. The van der Waals surface area contributed by atoms with Gasteiger partial charge in [-0.3, -0.25) is 4.79 Å². The minimum atomic E-state index is -0.116. The van der Waals surface area contributed by atoms with E-state index in [-0.39, 0.29) is 11.7 Å². The summed E-state index contributed by atoms with van der Waals surface area (Å²) in [6, 6.07) is 1.96. The molecule has 0 aliphatic carbocycles. The fourth-order valence-corrected chi connectivity index (χ4v) is 2.18. The quantitative estimate of drug-likeness (QED) is 0.527. The van der Waals surface area contributed by atoms with Gasteiger partial charge in [0.05, 0.1) is 24.8 Å². The number of hydrogen-bond donors (Lipinski definition) is 2. The zero-order valence-electron chi connectivity index (χ0n) is 10.2. The van der Waals surface area contributed by atoms with Crippen molar-refractivity contribution >= 4 is 17.7 Å². The number of nitriles is 1. The SMILES string of the molecule is CCn1c(CN)nnc1SCC(=O)NCCC#N. The maximum atomic E-state index is 11.4. The van der Waals surface area contributed by atoms with Crippen LogP contribution >= 0.6 is 11.8 Å². The van der Waals surface area contributed by atoms with E-state index >= 15 is 0 Å². The van der Waals surface area contributed by atoms with Gasteiger partial charge in [0.2, 0.25) is 5.91 Å². The topological polar surface area (TPSA) is 110 Å². The van der Waals surface area contributed by atoms with E-state index in [1.165, 1.54) is 11.8 Å². The highest BCUT2D eigenvalue weighted by Gasteiger charge is 2.11. The second-order valence-corrected chi connectivity index (χ2v) is 4.34. The molecule has 0 aliphatic heterocycles. The van der Waals surface area contributed by atoms with Crippen LogP contribution in [0.2, 0.25) is 0 Å². The van der Waals surface area contributed by atoms with E-state index in [4.69, 9.17) is 11.0 Å². The fraction of sp³-hybridized carbons (Fsp3) is 0.600. The lowest BCUT2D eigenvalue weighted by molar-refractivity contribution is -0.118. The zero-order chi connectivity index (χ0) is 13.4. The molecule has 0 saturated heterocycles. The summed E-state index contributed by atoms with van der Waals surface area (Å²) in [5.41, 5.74) is 5.53. The zero-order valence-corrected chi connectivity index (χ0v) is 11.0. The summed E-state index contributed by atoms with van der Waals surface area (Å²) in [7, 11) is 0. The molecule has 8 heteroatoms. The number of nitrogens with two attached hydrogens (primary N) is 1. The van der Waals surface area contributed by atoms with Gasteiger partial charge in [0.25, 0.3) is 0 Å². The number of carbonyl (C=O) groups excluding carboxylic acids is 1. The predicted octanol–water partition coefficient (Wildman–Crippen LogP) is -0.121. The third kappa shape index (κ3) is 4.01. The van der Waals surface area contributed by atoms with Gasteiger partial charge in [-0.2, -0.15) is 5.26 Å². The monoisotopic (exact) mass is 268 g/mol. The molecule has 0 radical (unpaired) electrons. The smallest absolute Gasteiger partial charge is 0.230 e. The van der Waals surface area contributed by atoms with Crippen molar-refractivity contribution in [1.82, 2.24) is 20.1 Å². The van der Waals surface area contributed by atoms with Gasteiger partial charge in [-0.25, -0.2) is 0 Å². The molecule has 1 heterocycles. The van der Waals surface area contributed by atoms with Crippen molar-refractivity contribution in [3.63, 3.8) is 0 Å². The molecule has 1 rings (SSSR count). The first-order valence-electron chi connectivity index (χ1n) is 5.61. The van der Waals surface area contributed by atoms with Crippen LogP contribution < -0.4 is 11.1 Å². The van der Waals surface area contributed by atoms with Gasteiger partial charge in [0, 0.05) is 13.1 Å². The Balaban J connectivity index is 2.46. The molecule has 0 bridgehead atoms. The van der Waals surface area contributed by atoms with Crippen LogP contribution in [0.4, 0.5) is 0 Å². The van der Waals surface area contributed by atoms with Gasteiger partial charge in [-0.15, -0.1) is 10.2 Å². The van der Waals surface area contributed by atoms with Crippen molar-refractivity contribution in [2.24, 2.45) is 5.73 Å². The Bertz CT molecular complexity index is 438. The highest BCUT2D eigenvalue weighted by molar-refractivity contribution is 7.99. The third-order valence-corrected chi connectivity index (χ3v) is 3.15. The Morgan fingerprint density at radius 1 is 1.61 bits per heavy atom. The summed E-state index contributed by atoms with van der Waals surface area (Å²) in [5.74, 6) is 0.855. The number of carbonyl (C=O) groups is 1. The normalized spacial score (nSPS) is 10.1. The molecule has 0 spiro atoms. The number of nitrogens with one attached hydrogen (secondary N) is 1. The summed E-state index contributed by atoms with van der Waals surface area (Å²) in [6.07, 6.45) is 0.318. The maximum absolute atomic E-state index is 11.4. The molecule has 0 aliphatic rings. The van der Waals surface area contributed by atoms with Gasteiger partial charge >= 0.3 is 0 Å². The standard InChI is InChI=1S/C10H16N6OS/c1-2-16-8(6-12)14-15-10(16)18-7-9(17)13-5-3-4-11/h2-3,5-7,12H2,1H3,(H,13,17). The molecule has 3 N–H and O–H groups in total. The van der Waals surface area contributed by atoms with Crippen molar-refractivity contribution in [3.8, 4) is 6.07 Å². The third-order valence-electron chi connectivity index (χ3n) is 2.18. The summed E-state index contributed by atoms with van der Waals surface area (Å²) < 4.78 is 1.88. The molecule has 0 aromatic carbocycles. The molecule has 7 nitrogen and oxygen atoms in total. The summed E-state index contributed by atoms with van der Waals surface area (Å²) in [5, 5.41) is 19.6. The van der Waals surface area contributed by atoms with Crippen LogP contribution in [-0.2, 0) is 17.9 Å².